The second kappa shape index (κ2) is 4.46. The summed E-state index contributed by atoms with van der Waals surface area (Å²) in [7, 11) is 0. The lowest BCUT2D eigenvalue weighted by Gasteiger charge is -2.27. The number of rotatable bonds is 2. The highest BCUT2D eigenvalue weighted by Gasteiger charge is 2.24. The van der Waals surface area contributed by atoms with Crippen LogP contribution >= 0.6 is 0 Å². The predicted octanol–water partition coefficient (Wildman–Crippen LogP) is 1.84. The van der Waals surface area contributed by atoms with Gasteiger partial charge in [-0.15, -0.1) is 0 Å². The first-order chi connectivity index (χ1) is 8.79. The summed E-state index contributed by atoms with van der Waals surface area (Å²) in [4.78, 5) is 4.46. The summed E-state index contributed by atoms with van der Waals surface area (Å²) in [5, 5.41) is 13.2. The van der Waals surface area contributed by atoms with Crippen LogP contribution in [0.4, 0.5) is 0 Å². The van der Waals surface area contributed by atoms with Gasteiger partial charge in [-0.05, 0) is 36.6 Å². The number of hydrogen-bond acceptors (Lipinski definition) is 3. The topological polar surface area (TPSA) is 50.1 Å². The van der Waals surface area contributed by atoms with Gasteiger partial charge in [0.2, 0.25) is 0 Å². The van der Waals surface area contributed by atoms with Crippen molar-refractivity contribution < 1.29 is 5.11 Å². The van der Waals surface area contributed by atoms with E-state index in [0.29, 0.717) is 5.75 Å². The lowest BCUT2D eigenvalue weighted by atomic mass is 9.93. The maximum Gasteiger partial charge on any atom is 0.130 e. The highest BCUT2D eigenvalue weighted by atomic mass is 16.3. The van der Waals surface area contributed by atoms with Crippen molar-refractivity contribution >= 4 is 0 Å². The Kier molecular flexibility index (Phi) is 2.80. The average molecular weight is 243 g/mol. The minimum atomic E-state index is 0.0794. The molecule has 0 spiro atoms. The van der Waals surface area contributed by atoms with Crippen molar-refractivity contribution in [3.8, 4) is 5.75 Å². The van der Waals surface area contributed by atoms with Gasteiger partial charge < -0.3 is 15.0 Å². The van der Waals surface area contributed by atoms with Crippen molar-refractivity contribution in [1.82, 2.24) is 14.9 Å². The Bertz CT molecular complexity index is 562. The summed E-state index contributed by atoms with van der Waals surface area (Å²) < 4.78 is 2.14. The molecule has 94 valence electrons. The first-order valence-electron chi connectivity index (χ1n) is 6.36. The molecule has 4 heteroatoms. The molecule has 0 saturated carbocycles. The highest BCUT2D eigenvalue weighted by molar-refractivity contribution is 5.41. The summed E-state index contributed by atoms with van der Waals surface area (Å²) in [6.45, 7) is 3.96. The molecule has 3 rings (SSSR count). The molecule has 0 aliphatic carbocycles. The van der Waals surface area contributed by atoms with E-state index in [1.165, 1.54) is 5.56 Å². The molecule has 2 N–H and O–H groups in total. The molecule has 0 amide bonds. The normalized spacial score (nSPS) is 18.6. The maximum atomic E-state index is 9.68. The van der Waals surface area contributed by atoms with Crippen molar-refractivity contribution in [1.29, 1.82) is 0 Å². The summed E-state index contributed by atoms with van der Waals surface area (Å²) in [5.74, 6) is 1.33. The number of fused-ring (bicyclic) bond motifs is 1. The highest BCUT2D eigenvalue weighted by Crippen LogP contribution is 2.30. The number of hydrogen-bond donors (Lipinski definition) is 2. The Morgan fingerprint density at radius 3 is 3.22 bits per heavy atom. The third kappa shape index (κ3) is 1.78. The van der Waals surface area contributed by atoms with Crippen LogP contribution in [0.1, 0.15) is 29.9 Å². The van der Waals surface area contributed by atoms with E-state index in [4.69, 9.17) is 0 Å². The van der Waals surface area contributed by atoms with Gasteiger partial charge in [0.05, 0.1) is 6.04 Å². The molecule has 18 heavy (non-hydrogen) atoms. The molecule has 1 aromatic heterocycles. The largest absolute Gasteiger partial charge is 0.508 e. The number of aromatic nitrogens is 2. The first kappa shape index (κ1) is 11.3. The molecule has 2 heterocycles. The number of aryl methyl sites for hydroxylation is 1. The molecule has 2 aromatic rings. The molecule has 4 nitrogen and oxygen atoms in total. The zero-order chi connectivity index (χ0) is 12.5. The van der Waals surface area contributed by atoms with E-state index in [1.54, 1.807) is 6.07 Å². The Labute approximate surface area is 106 Å². The van der Waals surface area contributed by atoms with Crippen molar-refractivity contribution in [3.63, 3.8) is 0 Å². The van der Waals surface area contributed by atoms with Crippen molar-refractivity contribution in [3.05, 3.63) is 47.5 Å². The van der Waals surface area contributed by atoms with E-state index in [9.17, 15) is 5.11 Å². The van der Waals surface area contributed by atoms with Crippen molar-refractivity contribution in [2.75, 3.05) is 6.54 Å². The molecular weight excluding hydrogens is 226 g/mol. The van der Waals surface area contributed by atoms with E-state index in [2.05, 4.69) is 21.8 Å². The van der Waals surface area contributed by atoms with Gasteiger partial charge >= 0.3 is 0 Å². The fourth-order valence-corrected chi connectivity index (χ4v) is 2.62. The monoisotopic (exact) mass is 243 g/mol. The lowest BCUT2D eigenvalue weighted by molar-refractivity contribution is 0.467. The number of nitrogens with zero attached hydrogens (tertiary/aromatic N) is 2. The third-order valence-corrected chi connectivity index (χ3v) is 3.53. The predicted molar refractivity (Wildman–Crippen MR) is 69.6 cm³/mol. The molecular formula is C14H17N3O. The van der Waals surface area contributed by atoms with E-state index >= 15 is 0 Å². The minimum Gasteiger partial charge on any atom is -0.508 e. The van der Waals surface area contributed by atoms with Crippen LogP contribution in [0.15, 0.2) is 30.6 Å². The van der Waals surface area contributed by atoms with Gasteiger partial charge in [0.25, 0.3) is 0 Å². The molecule has 1 aromatic carbocycles. The van der Waals surface area contributed by atoms with E-state index < -0.39 is 0 Å². The number of benzene rings is 1. The second-order valence-electron chi connectivity index (χ2n) is 4.59. The maximum absolute atomic E-state index is 9.68. The fraction of sp³-hybridized carbons (Fsp3) is 0.357. The van der Waals surface area contributed by atoms with Crippen LogP contribution in [0.3, 0.4) is 0 Å². The van der Waals surface area contributed by atoms with Crippen LogP contribution in [-0.2, 0) is 13.0 Å². The summed E-state index contributed by atoms with van der Waals surface area (Å²) in [6, 6.07) is 5.70. The van der Waals surface area contributed by atoms with Gasteiger partial charge in [-0.2, -0.15) is 0 Å². The summed E-state index contributed by atoms with van der Waals surface area (Å²) in [5.41, 5.74) is 2.43. The van der Waals surface area contributed by atoms with Gasteiger partial charge in [0, 0.05) is 25.5 Å². The van der Waals surface area contributed by atoms with E-state index in [-0.39, 0.29) is 6.04 Å². The molecule has 0 saturated heterocycles. The summed E-state index contributed by atoms with van der Waals surface area (Å²) >= 11 is 0. The fourth-order valence-electron chi connectivity index (χ4n) is 2.62. The van der Waals surface area contributed by atoms with Gasteiger partial charge in [-0.1, -0.05) is 6.07 Å². The molecule has 1 atom stereocenters. The molecule has 1 aliphatic rings. The number of imidazole rings is 1. The third-order valence-electron chi connectivity index (χ3n) is 3.53. The molecule has 1 aliphatic heterocycles. The molecule has 0 radical (unpaired) electrons. The molecule has 0 fully saturated rings. The van der Waals surface area contributed by atoms with Gasteiger partial charge in [0.1, 0.15) is 11.6 Å². The first-order valence-corrected chi connectivity index (χ1v) is 6.36. The second-order valence-corrected chi connectivity index (χ2v) is 4.59. The van der Waals surface area contributed by atoms with Crippen LogP contribution in [0.25, 0.3) is 0 Å². The van der Waals surface area contributed by atoms with Crippen LogP contribution < -0.4 is 5.32 Å². The van der Waals surface area contributed by atoms with Crippen LogP contribution in [-0.4, -0.2) is 21.2 Å². The van der Waals surface area contributed by atoms with Crippen LogP contribution in [0.5, 0.6) is 5.75 Å². The van der Waals surface area contributed by atoms with E-state index in [0.717, 1.165) is 30.9 Å². The average Bonchev–Trinajstić information content (AvgIpc) is 2.86. The smallest absolute Gasteiger partial charge is 0.130 e. The zero-order valence-corrected chi connectivity index (χ0v) is 10.4. The van der Waals surface area contributed by atoms with E-state index in [1.807, 2.05) is 24.5 Å². The Hall–Kier alpha value is -1.81. The van der Waals surface area contributed by atoms with Crippen molar-refractivity contribution in [2.45, 2.75) is 25.9 Å². The number of phenolic OH excluding ortho intramolecular Hbond substituents is 1. The van der Waals surface area contributed by atoms with Gasteiger partial charge in [-0.3, -0.25) is 0 Å². The Morgan fingerprint density at radius 1 is 1.50 bits per heavy atom. The lowest BCUT2D eigenvalue weighted by Crippen LogP contribution is -2.32. The minimum absolute atomic E-state index is 0.0794. The SMILES string of the molecule is CCn1ccnc1C1NCCc2ccc(O)cc21. The Balaban J connectivity index is 2.08. The van der Waals surface area contributed by atoms with Gasteiger partial charge in [-0.25, -0.2) is 4.98 Å². The standard InChI is InChI=1S/C14H17N3O/c1-2-17-8-7-16-14(17)13-12-9-11(18)4-3-10(12)5-6-15-13/h3-4,7-9,13,15,18H,2,5-6H2,1H3. The Morgan fingerprint density at radius 2 is 2.39 bits per heavy atom. The molecule has 1 unspecified atom stereocenters. The van der Waals surface area contributed by atoms with Crippen LogP contribution in [0.2, 0.25) is 0 Å². The molecule has 0 bridgehead atoms. The van der Waals surface area contributed by atoms with Crippen LogP contribution in [0, 0.1) is 0 Å². The quantitative estimate of drug-likeness (QED) is 0.846. The number of phenols is 1. The zero-order valence-electron chi connectivity index (χ0n) is 10.4. The number of aromatic hydroxyl groups is 1. The number of nitrogens with one attached hydrogen (secondary N) is 1. The summed E-state index contributed by atoms with van der Waals surface area (Å²) in [6.07, 6.45) is 4.82. The van der Waals surface area contributed by atoms with Gasteiger partial charge in [0.15, 0.2) is 0 Å². The van der Waals surface area contributed by atoms with Crippen molar-refractivity contribution in [2.24, 2.45) is 0 Å².